The quantitative estimate of drug-likeness (QED) is 0.717. The van der Waals surface area contributed by atoms with Crippen molar-refractivity contribution < 1.29 is 19.0 Å². The lowest BCUT2D eigenvalue weighted by atomic mass is 9.88. The minimum atomic E-state index is -0.282. The van der Waals surface area contributed by atoms with E-state index in [-0.39, 0.29) is 18.6 Å². The smallest absolute Gasteiger partial charge is 0.250 e. The molecule has 3 aromatic carbocycles. The third kappa shape index (κ3) is 3.32. The molecule has 0 radical (unpaired) electrons. The van der Waals surface area contributed by atoms with E-state index in [9.17, 15) is 4.79 Å². The molecule has 5 heteroatoms. The number of amides is 1. The van der Waals surface area contributed by atoms with Crippen LogP contribution in [0.3, 0.4) is 0 Å². The molecule has 3 aromatic rings. The molecule has 0 saturated heterocycles. The molecule has 1 heterocycles. The molecule has 0 bridgehead atoms. The molecule has 5 nitrogen and oxygen atoms in total. The van der Waals surface area contributed by atoms with Gasteiger partial charge in [-0.25, -0.2) is 0 Å². The molecule has 0 aliphatic carbocycles. The van der Waals surface area contributed by atoms with E-state index in [4.69, 9.17) is 14.2 Å². The highest BCUT2D eigenvalue weighted by Crippen LogP contribution is 2.49. The van der Waals surface area contributed by atoms with Gasteiger partial charge in [0.2, 0.25) is 5.91 Å². The molecule has 1 atom stereocenters. The van der Waals surface area contributed by atoms with E-state index in [0.29, 0.717) is 5.69 Å². The van der Waals surface area contributed by atoms with Crippen LogP contribution in [-0.4, -0.2) is 26.7 Å². The van der Waals surface area contributed by atoms with Crippen molar-refractivity contribution in [3.05, 3.63) is 77.9 Å². The predicted octanol–water partition coefficient (Wildman–Crippen LogP) is 4.43. The van der Waals surface area contributed by atoms with Crippen LogP contribution in [0.15, 0.2) is 66.7 Å². The molecular weight excluding hydrogens is 354 g/mol. The second-order valence-electron chi connectivity index (χ2n) is 6.53. The molecule has 4 rings (SSSR count). The van der Waals surface area contributed by atoms with Crippen molar-refractivity contribution in [2.24, 2.45) is 0 Å². The molecule has 0 saturated carbocycles. The van der Waals surface area contributed by atoms with Gasteiger partial charge < -0.3 is 19.5 Å². The lowest BCUT2D eigenvalue weighted by molar-refractivity contribution is -0.119. The maximum Gasteiger partial charge on any atom is 0.250 e. The fourth-order valence-corrected chi connectivity index (χ4v) is 3.52. The number of fused-ring (bicyclic) bond motifs is 3. The average molecular weight is 375 g/mol. The second-order valence-corrected chi connectivity index (χ2v) is 6.53. The first-order valence-electron chi connectivity index (χ1n) is 9.03. The van der Waals surface area contributed by atoms with Crippen LogP contribution in [0.2, 0.25) is 0 Å². The number of ether oxygens (including phenoxy) is 3. The van der Waals surface area contributed by atoms with Crippen molar-refractivity contribution in [3.63, 3.8) is 0 Å². The van der Waals surface area contributed by atoms with Gasteiger partial charge in [0.15, 0.2) is 0 Å². The predicted molar refractivity (Wildman–Crippen MR) is 108 cm³/mol. The maximum atomic E-state index is 11.9. The lowest BCUT2D eigenvalue weighted by Gasteiger charge is -2.30. The van der Waals surface area contributed by atoms with Crippen LogP contribution < -0.4 is 14.8 Å². The second kappa shape index (κ2) is 7.74. The highest BCUT2D eigenvalue weighted by Gasteiger charge is 2.29. The molecule has 142 valence electrons. The van der Waals surface area contributed by atoms with Crippen LogP contribution in [0.4, 0.5) is 5.69 Å². The Morgan fingerprint density at radius 3 is 2.61 bits per heavy atom. The molecule has 1 amide bonds. The van der Waals surface area contributed by atoms with Gasteiger partial charge in [-0.1, -0.05) is 42.5 Å². The van der Waals surface area contributed by atoms with E-state index < -0.39 is 0 Å². The number of methoxy groups -OCH3 is 2. The molecule has 1 aliphatic heterocycles. The van der Waals surface area contributed by atoms with Crippen molar-refractivity contribution in [1.29, 1.82) is 0 Å². The Hall–Kier alpha value is -3.31. The third-order valence-corrected chi connectivity index (χ3v) is 4.72. The van der Waals surface area contributed by atoms with Gasteiger partial charge in [0.05, 0.1) is 12.7 Å². The standard InChI is InChI=1S/C23H21NO4/c1-26-14-21(25)24-16-11-12-17-18(13-16)23(15-7-4-3-5-8-15)28-20-10-6-9-19(27-2)22(17)20/h3-13,23H,14H2,1-2H3,(H,24,25). The summed E-state index contributed by atoms with van der Waals surface area (Å²) in [6.07, 6.45) is -0.282. The van der Waals surface area contributed by atoms with Gasteiger partial charge in [-0.05, 0) is 35.4 Å². The van der Waals surface area contributed by atoms with Crippen LogP contribution >= 0.6 is 0 Å². The summed E-state index contributed by atoms with van der Waals surface area (Å²) in [4.78, 5) is 11.9. The van der Waals surface area contributed by atoms with E-state index in [2.05, 4.69) is 5.32 Å². The van der Waals surface area contributed by atoms with Gasteiger partial charge in [-0.15, -0.1) is 0 Å². The first-order chi connectivity index (χ1) is 13.7. The Kier molecular flexibility index (Phi) is 5.00. The van der Waals surface area contributed by atoms with Crippen LogP contribution in [0.5, 0.6) is 11.5 Å². The summed E-state index contributed by atoms with van der Waals surface area (Å²) in [5.41, 5.74) is 4.65. The third-order valence-electron chi connectivity index (χ3n) is 4.72. The zero-order chi connectivity index (χ0) is 19.5. The van der Waals surface area contributed by atoms with Gasteiger partial charge >= 0.3 is 0 Å². The van der Waals surface area contributed by atoms with Gasteiger partial charge in [0.25, 0.3) is 0 Å². The first-order valence-corrected chi connectivity index (χ1v) is 9.03. The van der Waals surface area contributed by atoms with Crippen LogP contribution in [0, 0.1) is 0 Å². The molecule has 1 aliphatic rings. The fourth-order valence-electron chi connectivity index (χ4n) is 3.52. The zero-order valence-electron chi connectivity index (χ0n) is 15.8. The zero-order valence-corrected chi connectivity index (χ0v) is 15.8. The average Bonchev–Trinajstić information content (AvgIpc) is 2.73. The van der Waals surface area contributed by atoms with E-state index >= 15 is 0 Å². The molecule has 0 aromatic heterocycles. The van der Waals surface area contributed by atoms with Gasteiger partial charge in [-0.2, -0.15) is 0 Å². The topological polar surface area (TPSA) is 56.8 Å². The Balaban J connectivity index is 1.84. The largest absolute Gasteiger partial charge is 0.496 e. The highest BCUT2D eigenvalue weighted by atomic mass is 16.5. The number of hydrogen-bond acceptors (Lipinski definition) is 4. The lowest BCUT2D eigenvalue weighted by Crippen LogP contribution is -2.19. The Morgan fingerprint density at radius 2 is 1.86 bits per heavy atom. The number of benzene rings is 3. The molecular formula is C23H21NO4. The Labute approximate surface area is 163 Å². The summed E-state index contributed by atoms with van der Waals surface area (Å²) >= 11 is 0. The van der Waals surface area contributed by atoms with E-state index in [0.717, 1.165) is 33.8 Å². The Morgan fingerprint density at radius 1 is 1.04 bits per heavy atom. The summed E-state index contributed by atoms with van der Waals surface area (Å²) in [5.74, 6) is 1.33. The van der Waals surface area contributed by atoms with E-state index in [1.54, 1.807) is 7.11 Å². The summed E-state index contributed by atoms with van der Waals surface area (Å²) in [7, 11) is 3.15. The minimum Gasteiger partial charge on any atom is -0.496 e. The van der Waals surface area contributed by atoms with Crippen molar-refractivity contribution in [3.8, 4) is 22.6 Å². The summed E-state index contributed by atoms with van der Waals surface area (Å²) in [6.45, 7) is 0.00630. The number of anilines is 1. The number of carbonyl (C=O) groups is 1. The van der Waals surface area contributed by atoms with Crippen LogP contribution in [0.25, 0.3) is 11.1 Å². The van der Waals surface area contributed by atoms with Crippen molar-refractivity contribution in [1.82, 2.24) is 0 Å². The van der Waals surface area contributed by atoms with Crippen molar-refractivity contribution >= 4 is 11.6 Å². The van der Waals surface area contributed by atoms with Crippen LogP contribution in [-0.2, 0) is 9.53 Å². The number of nitrogens with one attached hydrogen (secondary N) is 1. The highest BCUT2D eigenvalue weighted by molar-refractivity contribution is 5.93. The number of hydrogen-bond donors (Lipinski definition) is 1. The summed E-state index contributed by atoms with van der Waals surface area (Å²) in [6, 6.07) is 21.7. The van der Waals surface area contributed by atoms with Gasteiger partial charge in [0.1, 0.15) is 24.2 Å². The molecule has 0 spiro atoms. The normalized spacial score (nSPS) is 14.4. The molecule has 1 unspecified atom stereocenters. The minimum absolute atomic E-state index is 0.00630. The summed E-state index contributed by atoms with van der Waals surface area (Å²) < 4.78 is 16.9. The van der Waals surface area contributed by atoms with E-state index in [1.807, 2.05) is 66.7 Å². The SMILES string of the molecule is COCC(=O)Nc1ccc2c(c1)C(c1ccccc1)Oc1cccc(OC)c1-2. The monoisotopic (exact) mass is 375 g/mol. The molecule has 0 fully saturated rings. The van der Waals surface area contributed by atoms with E-state index in [1.165, 1.54) is 7.11 Å². The van der Waals surface area contributed by atoms with Gasteiger partial charge in [0, 0.05) is 18.4 Å². The number of rotatable bonds is 5. The van der Waals surface area contributed by atoms with Crippen molar-refractivity contribution in [2.45, 2.75) is 6.10 Å². The Bertz CT molecular complexity index is 1000. The fraction of sp³-hybridized carbons (Fsp3) is 0.174. The summed E-state index contributed by atoms with van der Waals surface area (Å²) in [5, 5.41) is 2.87. The molecule has 28 heavy (non-hydrogen) atoms. The van der Waals surface area contributed by atoms with Crippen molar-refractivity contribution in [2.75, 3.05) is 26.1 Å². The number of carbonyl (C=O) groups excluding carboxylic acids is 1. The van der Waals surface area contributed by atoms with Gasteiger partial charge in [-0.3, -0.25) is 4.79 Å². The maximum absolute atomic E-state index is 11.9. The van der Waals surface area contributed by atoms with Crippen LogP contribution in [0.1, 0.15) is 17.2 Å². The first kappa shape index (κ1) is 18.1. The molecule has 1 N–H and O–H groups in total.